The van der Waals surface area contributed by atoms with Gasteiger partial charge in [0.15, 0.2) is 5.82 Å². The van der Waals surface area contributed by atoms with Gasteiger partial charge in [-0.15, -0.1) is 5.10 Å². The van der Waals surface area contributed by atoms with E-state index < -0.39 is 0 Å². The minimum absolute atomic E-state index is 0.0755. The Morgan fingerprint density at radius 1 is 1.24 bits per heavy atom. The fourth-order valence-electron chi connectivity index (χ4n) is 3.83. The number of aromatic amines is 1. The number of thioether (sulfide) groups is 1. The molecule has 0 saturated carbocycles. The molecular weight excluding hydrogens is 384 g/mol. The first-order valence-electron chi connectivity index (χ1n) is 10.1. The van der Waals surface area contributed by atoms with Gasteiger partial charge in [-0.05, 0) is 61.2 Å². The van der Waals surface area contributed by atoms with Crippen LogP contribution >= 0.6 is 11.8 Å². The second-order valence-corrected chi connectivity index (χ2v) is 9.54. The predicted molar refractivity (Wildman–Crippen MR) is 117 cm³/mol. The molecule has 0 radical (unpaired) electrons. The molecule has 0 unspecified atom stereocenters. The number of nitrogens with one attached hydrogen (secondary N) is 1. The lowest BCUT2D eigenvalue weighted by molar-refractivity contribution is 0.211. The van der Waals surface area contributed by atoms with Gasteiger partial charge < -0.3 is 4.98 Å². The fraction of sp³-hybridized carbons (Fsp3) is 0.524. The minimum Gasteiger partial charge on any atom is -0.322 e. The summed E-state index contributed by atoms with van der Waals surface area (Å²) >= 11 is 1.95. The summed E-state index contributed by atoms with van der Waals surface area (Å²) < 4.78 is 1.90. The van der Waals surface area contributed by atoms with Crippen molar-refractivity contribution >= 4 is 22.7 Å². The van der Waals surface area contributed by atoms with E-state index in [9.17, 15) is 4.79 Å². The number of aromatic nitrogens is 5. The summed E-state index contributed by atoms with van der Waals surface area (Å²) in [6, 6.07) is 7.83. The SMILES string of the molecule is CCC(C)(C)n1nnnc1[C@@H](c1cc2cc(C)ccc2[nH]c1=O)N1CCSCC1. The summed E-state index contributed by atoms with van der Waals surface area (Å²) in [5.74, 6) is 2.82. The van der Waals surface area contributed by atoms with Crippen LogP contribution in [0.4, 0.5) is 0 Å². The molecule has 4 rings (SSSR count). The third-order valence-corrected chi connectivity index (χ3v) is 6.85. The summed E-state index contributed by atoms with van der Waals surface area (Å²) in [5.41, 5.74) is 2.41. The molecule has 1 saturated heterocycles. The molecule has 3 aromatic rings. The summed E-state index contributed by atoms with van der Waals surface area (Å²) in [6.07, 6.45) is 0.890. The number of tetrazole rings is 1. The molecule has 7 nitrogen and oxygen atoms in total. The van der Waals surface area contributed by atoms with Crippen molar-refractivity contribution < 1.29 is 0 Å². The Balaban J connectivity index is 1.91. The van der Waals surface area contributed by atoms with Crippen molar-refractivity contribution in [2.24, 2.45) is 0 Å². The lowest BCUT2D eigenvalue weighted by Gasteiger charge is -2.35. The lowest BCUT2D eigenvalue weighted by Crippen LogP contribution is -2.42. The highest BCUT2D eigenvalue weighted by Gasteiger charge is 2.34. The van der Waals surface area contributed by atoms with Crippen molar-refractivity contribution in [2.45, 2.75) is 45.7 Å². The molecule has 1 N–H and O–H groups in total. The van der Waals surface area contributed by atoms with Gasteiger partial charge in [0.05, 0.1) is 5.54 Å². The van der Waals surface area contributed by atoms with Gasteiger partial charge in [0, 0.05) is 35.7 Å². The molecule has 2 aromatic heterocycles. The second kappa shape index (κ2) is 7.91. The maximum Gasteiger partial charge on any atom is 0.253 e. The van der Waals surface area contributed by atoms with Gasteiger partial charge in [-0.2, -0.15) is 11.8 Å². The van der Waals surface area contributed by atoms with E-state index in [0.717, 1.165) is 47.7 Å². The van der Waals surface area contributed by atoms with Gasteiger partial charge in [0.1, 0.15) is 6.04 Å². The van der Waals surface area contributed by atoms with Crippen molar-refractivity contribution in [2.75, 3.05) is 24.6 Å². The Bertz CT molecular complexity index is 1070. The molecule has 1 aliphatic heterocycles. The van der Waals surface area contributed by atoms with Crippen LogP contribution in [0.25, 0.3) is 10.9 Å². The minimum atomic E-state index is -0.273. The summed E-state index contributed by atoms with van der Waals surface area (Å²) in [6.45, 7) is 10.3. The zero-order valence-electron chi connectivity index (χ0n) is 17.5. The number of benzene rings is 1. The molecule has 1 aromatic carbocycles. The standard InChI is InChI=1S/C21H28N6OS/c1-5-21(3,4)27-19(23-24-25-27)18(26-8-10-29-11-9-26)16-13-15-12-14(2)6-7-17(15)22-20(16)28/h6-7,12-13,18H,5,8-11H2,1-4H3,(H,22,28)/t18-/m1/s1. The quantitative estimate of drug-likeness (QED) is 0.694. The zero-order chi connectivity index (χ0) is 20.6. The number of fused-ring (bicyclic) bond motifs is 1. The molecule has 1 aliphatic rings. The van der Waals surface area contributed by atoms with Crippen LogP contribution in [-0.4, -0.2) is 54.7 Å². The Labute approximate surface area is 174 Å². The molecule has 0 spiro atoms. The molecular formula is C21H28N6OS. The highest BCUT2D eigenvalue weighted by Crippen LogP contribution is 2.32. The molecule has 29 heavy (non-hydrogen) atoms. The average molecular weight is 413 g/mol. The number of nitrogens with zero attached hydrogens (tertiary/aromatic N) is 5. The highest BCUT2D eigenvalue weighted by molar-refractivity contribution is 7.99. The van der Waals surface area contributed by atoms with Crippen LogP contribution in [0.5, 0.6) is 0 Å². The maximum atomic E-state index is 13.2. The first-order valence-corrected chi connectivity index (χ1v) is 11.3. The van der Waals surface area contributed by atoms with Crippen LogP contribution in [0.15, 0.2) is 29.1 Å². The first kappa shape index (κ1) is 20.1. The van der Waals surface area contributed by atoms with Crippen LogP contribution in [0, 0.1) is 6.92 Å². The first-order chi connectivity index (χ1) is 13.9. The molecule has 0 amide bonds. The molecule has 0 aliphatic carbocycles. The number of rotatable bonds is 5. The third kappa shape index (κ3) is 3.83. The van der Waals surface area contributed by atoms with Crippen LogP contribution in [0.1, 0.15) is 50.2 Å². The van der Waals surface area contributed by atoms with Crippen LogP contribution in [0.2, 0.25) is 0 Å². The molecule has 154 valence electrons. The topological polar surface area (TPSA) is 79.7 Å². The molecule has 3 heterocycles. The molecule has 0 bridgehead atoms. The monoisotopic (exact) mass is 412 g/mol. The van der Waals surface area contributed by atoms with Gasteiger partial charge >= 0.3 is 0 Å². The smallest absolute Gasteiger partial charge is 0.253 e. The Hall–Kier alpha value is -2.19. The number of pyridine rings is 1. The summed E-state index contributed by atoms with van der Waals surface area (Å²) in [5, 5.41) is 13.8. The van der Waals surface area contributed by atoms with E-state index in [-0.39, 0.29) is 17.1 Å². The third-order valence-electron chi connectivity index (χ3n) is 5.91. The number of H-pyrrole nitrogens is 1. The van der Waals surface area contributed by atoms with Crippen LogP contribution < -0.4 is 5.56 Å². The van der Waals surface area contributed by atoms with Crippen molar-refractivity contribution in [1.29, 1.82) is 0 Å². The molecule has 1 fully saturated rings. The Morgan fingerprint density at radius 2 is 2.00 bits per heavy atom. The van der Waals surface area contributed by atoms with Crippen LogP contribution in [0.3, 0.4) is 0 Å². The Morgan fingerprint density at radius 3 is 2.72 bits per heavy atom. The van der Waals surface area contributed by atoms with Crippen molar-refractivity contribution in [1.82, 2.24) is 30.1 Å². The lowest BCUT2D eigenvalue weighted by atomic mass is 9.99. The van der Waals surface area contributed by atoms with Gasteiger partial charge in [0.2, 0.25) is 0 Å². The Kier molecular flexibility index (Phi) is 5.48. The number of aryl methyl sites for hydroxylation is 1. The zero-order valence-corrected chi connectivity index (χ0v) is 18.3. The average Bonchev–Trinajstić information content (AvgIpc) is 3.20. The normalized spacial score (nSPS) is 17.0. The largest absolute Gasteiger partial charge is 0.322 e. The van der Waals surface area contributed by atoms with E-state index in [0.29, 0.717) is 5.56 Å². The van der Waals surface area contributed by atoms with Crippen molar-refractivity contribution in [3.8, 4) is 0 Å². The van der Waals surface area contributed by atoms with Crippen LogP contribution in [-0.2, 0) is 5.54 Å². The van der Waals surface area contributed by atoms with Gasteiger partial charge in [-0.1, -0.05) is 18.6 Å². The van der Waals surface area contributed by atoms with E-state index in [1.54, 1.807) is 0 Å². The number of hydrogen-bond acceptors (Lipinski definition) is 6. The van der Waals surface area contributed by atoms with Gasteiger partial charge in [0.25, 0.3) is 5.56 Å². The second-order valence-electron chi connectivity index (χ2n) is 8.31. The van der Waals surface area contributed by atoms with Crippen molar-refractivity contribution in [3.05, 3.63) is 51.6 Å². The predicted octanol–water partition coefficient (Wildman–Crippen LogP) is 3.11. The molecule has 8 heteroatoms. The van der Waals surface area contributed by atoms with E-state index in [1.165, 1.54) is 5.56 Å². The molecule has 1 atom stereocenters. The van der Waals surface area contributed by atoms with E-state index in [1.807, 2.05) is 34.6 Å². The van der Waals surface area contributed by atoms with Gasteiger partial charge in [-0.25, -0.2) is 4.68 Å². The maximum absolute atomic E-state index is 13.2. The fourth-order valence-corrected chi connectivity index (χ4v) is 4.76. The van der Waals surface area contributed by atoms with E-state index in [2.05, 4.69) is 59.2 Å². The number of hydrogen-bond donors (Lipinski definition) is 1. The highest BCUT2D eigenvalue weighted by atomic mass is 32.2. The summed E-state index contributed by atoms with van der Waals surface area (Å²) in [4.78, 5) is 18.6. The van der Waals surface area contributed by atoms with Gasteiger partial charge in [-0.3, -0.25) is 9.69 Å². The van der Waals surface area contributed by atoms with E-state index >= 15 is 0 Å². The summed E-state index contributed by atoms with van der Waals surface area (Å²) in [7, 11) is 0. The van der Waals surface area contributed by atoms with E-state index in [4.69, 9.17) is 0 Å². The van der Waals surface area contributed by atoms with Crippen molar-refractivity contribution in [3.63, 3.8) is 0 Å².